The van der Waals surface area contributed by atoms with Gasteiger partial charge in [0.25, 0.3) is 0 Å². The van der Waals surface area contributed by atoms with Gasteiger partial charge >= 0.3 is 101 Å². The second-order valence-corrected chi connectivity index (χ2v) is 4.75. The summed E-state index contributed by atoms with van der Waals surface area (Å²) in [5.74, 6) is 6.30. The summed E-state index contributed by atoms with van der Waals surface area (Å²) in [4.78, 5) is 0. The molecule has 80 valence electrons. The Balaban J connectivity index is 2.56. The van der Waals surface area contributed by atoms with E-state index in [1.165, 1.54) is 0 Å². The first-order chi connectivity index (χ1) is 7.24. The van der Waals surface area contributed by atoms with Crippen LogP contribution in [0.3, 0.4) is 0 Å². The van der Waals surface area contributed by atoms with Crippen LogP contribution < -0.4 is 0 Å². The molecule has 0 radical (unpaired) electrons. The molecule has 0 spiro atoms. The third-order valence-electron chi connectivity index (χ3n) is 1.93. The molecule has 0 heterocycles. The van der Waals surface area contributed by atoms with Crippen molar-refractivity contribution in [2.75, 3.05) is 6.54 Å². The van der Waals surface area contributed by atoms with E-state index in [2.05, 4.69) is 45.5 Å². The summed E-state index contributed by atoms with van der Waals surface area (Å²) in [6.45, 7) is 6.12. The Morgan fingerprint density at radius 1 is 1.33 bits per heavy atom. The van der Waals surface area contributed by atoms with Gasteiger partial charge in [-0.1, -0.05) is 0 Å². The molecule has 1 aromatic carbocycles. The van der Waals surface area contributed by atoms with Gasteiger partial charge in [0.05, 0.1) is 0 Å². The van der Waals surface area contributed by atoms with Gasteiger partial charge < -0.3 is 0 Å². The zero-order chi connectivity index (χ0) is 11.1. The first-order valence-corrected chi connectivity index (χ1v) is 7.05. The fraction of sp³-hybridized carbons (Fsp3) is 0.333. The molecular formula is C12H14FeNP. The molecule has 0 fully saturated rings. The number of hydrogen-bond donors (Lipinski definition) is 0. The molecule has 0 bridgehead atoms. The van der Waals surface area contributed by atoms with Crippen molar-refractivity contribution >= 4 is 6.98 Å². The molecule has 0 aromatic heterocycles. The second-order valence-electron chi connectivity index (χ2n) is 3.43. The average molecular weight is 259 g/mol. The second kappa shape index (κ2) is 6.94. The van der Waals surface area contributed by atoms with Crippen molar-refractivity contribution < 1.29 is 15.1 Å². The summed E-state index contributed by atoms with van der Waals surface area (Å²) < 4.78 is 2.20. The SMILES string of the molecule is CC(C)N(CC#Cc1ccccc1)[P]=[Fe]. The minimum absolute atomic E-state index is 0.495. The molecule has 0 amide bonds. The summed E-state index contributed by atoms with van der Waals surface area (Å²) in [5.41, 5.74) is 1.07. The molecule has 0 saturated carbocycles. The van der Waals surface area contributed by atoms with Crippen LogP contribution in [0.2, 0.25) is 0 Å². The molecule has 0 saturated heterocycles. The quantitative estimate of drug-likeness (QED) is 0.458. The van der Waals surface area contributed by atoms with Gasteiger partial charge in [-0.05, 0) is 0 Å². The van der Waals surface area contributed by atoms with E-state index < -0.39 is 0 Å². The zero-order valence-electron chi connectivity index (χ0n) is 8.92. The van der Waals surface area contributed by atoms with Crippen molar-refractivity contribution in [3.63, 3.8) is 0 Å². The Kier molecular flexibility index (Phi) is 5.84. The molecule has 1 rings (SSSR count). The van der Waals surface area contributed by atoms with Crippen LogP contribution in [0, 0.1) is 11.8 Å². The minimum atomic E-state index is 0.495. The summed E-state index contributed by atoms with van der Waals surface area (Å²) in [6, 6.07) is 10.5. The summed E-state index contributed by atoms with van der Waals surface area (Å²) >= 11 is 3.86. The van der Waals surface area contributed by atoms with Crippen LogP contribution in [0.4, 0.5) is 0 Å². The van der Waals surface area contributed by atoms with E-state index in [1.54, 1.807) is 0 Å². The molecule has 0 unspecified atom stereocenters. The zero-order valence-corrected chi connectivity index (χ0v) is 10.9. The Bertz CT molecular complexity index is 364. The molecule has 0 aliphatic rings. The number of hydrogen-bond acceptors (Lipinski definition) is 1. The Hall–Kier alpha value is -0.441. The van der Waals surface area contributed by atoms with Crippen LogP contribution in [0.15, 0.2) is 30.3 Å². The number of benzene rings is 1. The van der Waals surface area contributed by atoms with Gasteiger partial charge in [-0.25, -0.2) is 0 Å². The van der Waals surface area contributed by atoms with Crippen molar-refractivity contribution in [1.82, 2.24) is 4.67 Å². The number of rotatable bonds is 3. The predicted octanol–water partition coefficient (Wildman–Crippen LogP) is 3.07. The fourth-order valence-electron chi connectivity index (χ4n) is 1.03. The third-order valence-corrected chi connectivity index (χ3v) is 3.57. The van der Waals surface area contributed by atoms with Crippen LogP contribution >= 0.6 is 6.98 Å². The van der Waals surface area contributed by atoms with E-state index >= 15 is 0 Å². The van der Waals surface area contributed by atoms with Crippen LogP contribution in [0.1, 0.15) is 19.4 Å². The van der Waals surface area contributed by atoms with Crippen molar-refractivity contribution in [2.24, 2.45) is 0 Å². The third kappa shape index (κ3) is 4.74. The molecule has 0 aliphatic carbocycles. The van der Waals surface area contributed by atoms with E-state index in [-0.39, 0.29) is 0 Å². The molecule has 3 heteroatoms. The normalized spacial score (nSPS) is 10.5. The maximum atomic E-state index is 3.86. The monoisotopic (exact) mass is 259 g/mol. The van der Waals surface area contributed by atoms with Crippen molar-refractivity contribution in [1.29, 1.82) is 0 Å². The van der Waals surface area contributed by atoms with Gasteiger partial charge in [0, 0.05) is 0 Å². The standard InChI is InChI=1S/C12H14NP.Fe/c1-11(2)13(14)10-6-9-12-7-4-3-5-8-12;/h3-5,7-8,11H,10H2,1-2H3;. The molecule has 0 N–H and O–H groups in total. The maximum absolute atomic E-state index is 3.86. The molecule has 0 atom stereocenters. The van der Waals surface area contributed by atoms with Crippen molar-refractivity contribution in [3.05, 3.63) is 35.9 Å². The topological polar surface area (TPSA) is 3.24 Å². The first-order valence-electron chi connectivity index (χ1n) is 4.85. The van der Waals surface area contributed by atoms with Crippen LogP contribution in [-0.2, 0) is 15.1 Å². The van der Waals surface area contributed by atoms with Gasteiger partial charge in [-0.2, -0.15) is 0 Å². The van der Waals surface area contributed by atoms with Crippen LogP contribution in [0.25, 0.3) is 0 Å². The van der Waals surface area contributed by atoms with Gasteiger partial charge in [-0.3, -0.25) is 0 Å². The van der Waals surface area contributed by atoms with E-state index in [4.69, 9.17) is 0 Å². The van der Waals surface area contributed by atoms with E-state index in [9.17, 15) is 0 Å². The predicted molar refractivity (Wildman–Crippen MR) is 62.1 cm³/mol. The van der Waals surface area contributed by atoms with Gasteiger partial charge in [-0.15, -0.1) is 0 Å². The molecule has 15 heavy (non-hydrogen) atoms. The van der Waals surface area contributed by atoms with Gasteiger partial charge in [0.1, 0.15) is 0 Å². The summed E-state index contributed by atoms with van der Waals surface area (Å²) in [5, 5.41) is 0. The first kappa shape index (κ1) is 12.6. The van der Waals surface area contributed by atoms with Crippen molar-refractivity contribution in [3.8, 4) is 11.8 Å². The molecular weight excluding hydrogens is 245 g/mol. The van der Waals surface area contributed by atoms with Gasteiger partial charge in [0.2, 0.25) is 0 Å². The van der Waals surface area contributed by atoms with Crippen molar-refractivity contribution in [2.45, 2.75) is 19.9 Å². The van der Waals surface area contributed by atoms with Crippen LogP contribution in [-0.4, -0.2) is 17.3 Å². The fourth-order valence-corrected chi connectivity index (χ4v) is 2.32. The Morgan fingerprint density at radius 3 is 2.53 bits per heavy atom. The van der Waals surface area contributed by atoms with E-state index in [0.29, 0.717) is 6.04 Å². The van der Waals surface area contributed by atoms with Crippen LogP contribution in [0.5, 0.6) is 0 Å². The molecule has 0 aliphatic heterocycles. The summed E-state index contributed by atoms with van der Waals surface area (Å²) in [6.07, 6.45) is 0. The molecule has 1 aromatic rings. The summed E-state index contributed by atoms with van der Waals surface area (Å²) in [7, 11) is 0. The molecule has 1 nitrogen and oxygen atoms in total. The van der Waals surface area contributed by atoms with Gasteiger partial charge in [0.15, 0.2) is 0 Å². The Labute approximate surface area is 101 Å². The average Bonchev–Trinajstić information content (AvgIpc) is 2.25. The van der Waals surface area contributed by atoms with E-state index in [1.807, 2.05) is 30.3 Å². The van der Waals surface area contributed by atoms with E-state index in [0.717, 1.165) is 19.1 Å². The Morgan fingerprint density at radius 2 is 2.00 bits per heavy atom. The number of nitrogens with zero attached hydrogens (tertiary/aromatic N) is 1.